The predicted octanol–water partition coefficient (Wildman–Crippen LogP) is 1.91. The van der Waals surface area contributed by atoms with Crippen molar-refractivity contribution in [2.24, 2.45) is 0 Å². The molecule has 1 atom stereocenters. The molecule has 1 saturated heterocycles. The molecular weight excluding hydrogens is 359 g/mol. The van der Waals surface area contributed by atoms with Crippen LogP contribution >= 0.6 is 0 Å². The van der Waals surface area contributed by atoms with E-state index in [2.05, 4.69) is 10.2 Å². The number of hydrogen-bond acceptors (Lipinski definition) is 6. The third-order valence-corrected chi connectivity index (χ3v) is 6.01. The van der Waals surface area contributed by atoms with Crippen LogP contribution in [0, 0.1) is 5.82 Å². The van der Waals surface area contributed by atoms with Gasteiger partial charge in [-0.2, -0.15) is 4.31 Å². The van der Waals surface area contributed by atoms with E-state index in [1.165, 1.54) is 22.5 Å². The molecule has 1 unspecified atom stereocenters. The average Bonchev–Trinajstić information content (AvgIpc) is 2.62. The molecule has 9 heteroatoms. The van der Waals surface area contributed by atoms with E-state index in [4.69, 9.17) is 4.74 Å². The third kappa shape index (κ3) is 4.10. The third-order valence-electron chi connectivity index (χ3n) is 4.15. The smallest absolute Gasteiger partial charge is 0.243 e. The number of sulfonamides is 1. The fourth-order valence-corrected chi connectivity index (χ4v) is 4.32. The Bertz CT molecular complexity index is 859. The Labute approximate surface area is 152 Å². The Morgan fingerprint density at radius 1 is 1.23 bits per heavy atom. The number of rotatable bonds is 5. The standard InChI is InChI=1S/C17H21FN4O3S/c1-21(2)16-8-9-17(20-19-16)25-14-6-4-10-22(12-14)26(23,24)15-7-3-5-13(18)11-15/h3,5,7-9,11,14H,4,6,10,12H2,1-2H3. The molecule has 3 rings (SSSR count). The molecule has 2 heterocycles. The zero-order chi connectivity index (χ0) is 18.7. The van der Waals surface area contributed by atoms with E-state index in [9.17, 15) is 12.8 Å². The van der Waals surface area contributed by atoms with Crippen LogP contribution in [0.5, 0.6) is 5.88 Å². The average molecular weight is 380 g/mol. The van der Waals surface area contributed by atoms with Gasteiger partial charge in [0.15, 0.2) is 5.82 Å². The van der Waals surface area contributed by atoms with Gasteiger partial charge in [-0.05, 0) is 37.1 Å². The van der Waals surface area contributed by atoms with E-state index >= 15 is 0 Å². The molecule has 26 heavy (non-hydrogen) atoms. The molecule has 2 aromatic rings. The van der Waals surface area contributed by atoms with Gasteiger partial charge < -0.3 is 9.64 Å². The molecule has 1 aromatic heterocycles. The Balaban J connectivity index is 1.71. The van der Waals surface area contributed by atoms with Crippen molar-refractivity contribution in [3.63, 3.8) is 0 Å². The molecule has 0 amide bonds. The minimum absolute atomic E-state index is 0.0479. The van der Waals surface area contributed by atoms with Crippen molar-refractivity contribution in [3.05, 3.63) is 42.2 Å². The van der Waals surface area contributed by atoms with Crippen LogP contribution in [0.15, 0.2) is 41.3 Å². The summed E-state index contributed by atoms with van der Waals surface area (Å²) in [5.74, 6) is 0.481. The molecule has 7 nitrogen and oxygen atoms in total. The fourth-order valence-electron chi connectivity index (χ4n) is 2.78. The van der Waals surface area contributed by atoms with Crippen molar-refractivity contribution in [2.45, 2.75) is 23.8 Å². The van der Waals surface area contributed by atoms with Gasteiger partial charge in [0.2, 0.25) is 15.9 Å². The maximum atomic E-state index is 13.4. The number of benzene rings is 1. The topological polar surface area (TPSA) is 75.6 Å². The summed E-state index contributed by atoms with van der Waals surface area (Å²) < 4.78 is 46.0. The summed E-state index contributed by atoms with van der Waals surface area (Å²) in [5.41, 5.74) is 0. The van der Waals surface area contributed by atoms with Gasteiger partial charge in [-0.3, -0.25) is 0 Å². The maximum absolute atomic E-state index is 13.4. The van der Waals surface area contributed by atoms with Gasteiger partial charge in [0.05, 0.1) is 11.4 Å². The molecule has 0 N–H and O–H groups in total. The SMILES string of the molecule is CN(C)c1ccc(OC2CCCN(S(=O)(=O)c3cccc(F)c3)C2)nn1. The maximum Gasteiger partial charge on any atom is 0.243 e. The van der Waals surface area contributed by atoms with Crippen LogP contribution in [-0.2, 0) is 10.0 Å². The Kier molecular flexibility index (Phi) is 5.38. The summed E-state index contributed by atoms with van der Waals surface area (Å²) in [5, 5.41) is 8.07. The highest BCUT2D eigenvalue weighted by atomic mass is 32.2. The molecule has 140 valence electrons. The highest BCUT2D eigenvalue weighted by Gasteiger charge is 2.31. The van der Waals surface area contributed by atoms with E-state index in [1.54, 1.807) is 12.1 Å². The largest absolute Gasteiger partial charge is 0.472 e. The van der Waals surface area contributed by atoms with Gasteiger partial charge in [-0.1, -0.05) is 6.07 Å². The summed E-state index contributed by atoms with van der Waals surface area (Å²) in [6.07, 6.45) is 1.04. The normalized spacial score (nSPS) is 18.5. The summed E-state index contributed by atoms with van der Waals surface area (Å²) in [4.78, 5) is 1.78. The molecule has 0 saturated carbocycles. The van der Waals surface area contributed by atoms with Gasteiger partial charge in [-0.25, -0.2) is 12.8 Å². The first-order valence-corrected chi connectivity index (χ1v) is 9.74. The van der Waals surface area contributed by atoms with Crippen LogP contribution in [0.2, 0.25) is 0 Å². The lowest BCUT2D eigenvalue weighted by atomic mass is 10.1. The Hall–Kier alpha value is -2.26. The van der Waals surface area contributed by atoms with Crippen LogP contribution in [0.25, 0.3) is 0 Å². The zero-order valence-electron chi connectivity index (χ0n) is 14.7. The van der Waals surface area contributed by atoms with Crippen LogP contribution in [-0.4, -0.2) is 56.2 Å². The zero-order valence-corrected chi connectivity index (χ0v) is 15.5. The lowest BCUT2D eigenvalue weighted by molar-refractivity contribution is 0.123. The van der Waals surface area contributed by atoms with Crippen molar-refractivity contribution in [1.82, 2.24) is 14.5 Å². The van der Waals surface area contributed by atoms with Gasteiger partial charge in [0.25, 0.3) is 0 Å². The molecule has 1 aliphatic heterocycles. The van der Waals surface area contributed by atoms with Crippen LogP contribution in [0.4, 0.5) is 10.2 Å². The predicted molar refractivity (Wildman–Crippen MR) is 95.2 cm³/mol. The second-order valence-corrected chi connectivity index (χ2v) is 8.26. The lowest BCUT2D eigenvalue weighted by Gasteiger charge is -2.31. The highest BCUT2D eigenvalue weighted by molar-refractivity contribution is 7.89. The Morgan fingerprint density at radius 3 is 2.69 bits per heavy atom. The number of piperidine rings is 1. The second-order valence-electron chi connectivity index (χ2n) is 6.33. The van der Waals surface area contributed by atoms with E-state index in [1.807, 2.05) is 19.0 Å². The minimum atomic E-state index is -3.76. The van der Waals surface area contributed by atoms with Crippen LogP contribution in [0.3, 0.4) is 0 Å². The quantitative estimate of drug-likeness (QED) is 0.789. The van der Waals surface area contributed by atoms with Gasteiger partial charge in [-0.15, -0.1) is 10.2 Å². The summed E-state index contributed by atoms with van der Waals surface area (Å²) in [7, 11) is -0.0332. The number of anilines is 1. The van der Waals surface area contributed by atoms with Gasteiger partial charge in [0, 0.05) is 26.7 Å². The molecule has 0 radical (unpaired) electrons. The molecule has 0 aliphatic carbocycles. The molecule has 0 bridgehead atoms. The molecule has 0 spiro atoms. The first kappa shape index (κ1) is 18.5. The molecule has 1 aliphatic rings. The second kappa shape index (κ2) is 7.55. The first-order valence-electron chi connectivity index (χ1n) is 8.30. The molecular formula is C17H21FN4O3S. The van der Waals surface area contributed by atoms with E-state index in [0.29, 0.717) is 31.1 Å². The number of nitrogens with zero attached hydrogens (tertiary/aromatic N) is 4. The van der Waals surface area contributed by atoms with E-state index in [0.717, 1.165) is 6.07 Å². The van der Waals surface area contributed by atoms with E-state index in [-0.39, 0.29) is 17.5 Å². The first-order chi connectivity index (χ1) is 12.4. The summed E-state index contributed by atoms with van der Waals surface area (Å²) in [6, 6.07) is 8.54. The van der Waals surface area contributed by atoms with Gasteiger partial charge >= 0.3 is 0 Å². The molecule has 1 aromatic carbocycles. The number of hydrogen-bond donors (Lipinski definition) is 0. The van der Waals surface area contributed by atoms with E-state index < -0.39 is 15.8 Å². The summed E-state index contributed by atoms with van der Waals surface area (Å²) in [6.45, 7) is 0.569. The number of ether oxygens (including phenoxy) is 1. The van der Waals surface area contributed by atoms with Crippen molar-refractivity contribution in [3.8, 4) is 5.88 Å². The fraction of sp³-hybridized carbons (Fsp3) is 0.412. The van der Waals surface area contributed by atoms with Crippen LogP contribution < -0.4 is 9.64 Å². The minimum Gasteiger partial charge on any atom is -0.472 e. The van der Waals surface area contributed by atoms with Crippen molar-refractivity contribution in [2.75, 3.05) is 32.1 Å². The van der Waals surface area contributed by atoms with Crippen molar-refractivity contribution >= 4 is 15.8 Å². The Morgan fingerprint density at radius 2 is 2.04 bits per heavy atom. The summed E-state index contributed by atoms with van der Waals surface area (Å²) >= 11 is 0. The van der Waals surface area contributed by atoms with Gasteiger partial charge in [0.1, 0.15) is 11.9 Å². The monoisotopic (exact) mass is 380 g/mol. The van der Waals surface area contributed by atoms with Crippen molar-refractivity contribution in [1.29, 1.82) is 0 Å². The number of aromatic nitrogens is 2. The lowest BCUT2D eigenvalue weighted by Crippen LogP contribution is -2.44. The number of halogens is 1. The van der Waals surface area contributed by atoms with Crippen LogP contribution in [0.1, 0.15) is 12.8 Å². The van der Waals surface area contributed by atoms with Crippen molar-refractivity contribution < 1.29 is 17.5 Å². The highest BCUT2D eigenvalue weighted by Crippen LogP contribution is 2.23. The molecule has 1 fully saturated rings.